The Hall–Kier alpha value is -5.05. The van der Waals surface area contributed by atoms with Crippen LogP contribution in [0.25, 0.3) is 21.8 Å². The maximum absolute atomic E-state index is 14.1. The van der Waals surface area contributed by atoms with E-state index in [2.05, 4.69) is 19.6 Å². The third kappa shape index (κ3) is 7.13. The normalized spacial score (nSPS) is 16.4. The van der Waals surface area contributed by atoms with Gasteiger partial charge in [0.2, 0.25) is 15.7 Å². The van der Waals surface area contributed by atoms with Gasteiger partial charge in [-0.05, 0) is 54.1 Å². The number of amides is 1. The minimum atomic E-state index is -4.23. The summed E-state index contributed by atoms with van der Waals surface area (Å²) in [4.78, 5) is 26.4. The molecule has 0 aliphatic carbocycles. The van der Waals surface area contributed by atoms with Crippen LogP contribution < -0.4 is 13.8 Å². The van der Waals surface area contributed by atoms with Crippen molar-refractivity contribution >= 4 is 54.3 Å². The third-order valence-electron chi connectivity index (χ3n) is 8.63. The average Bonchev–Trinajstić information content (AvgIpc) is 3.14. The standard InChI is InChI=1S/C37H33N5O6S2/c43-37(42-24-22-41(23-25-42)30-12-2-1-3-13-30)32(40-49(44,45)33-14-4-8-28-10-6-20-38-35(28)33)26-27-16-18-31(19-17-27)48-50(46,47)34-15-5-9-29-11-7-21-39-36(29)34/h1-21,32H,22-26H2,(H-2,40,44,45,46,47)/t32-/m1/s1. The number of nitrogens with one attached hydrogen (secondary N) is 1. The lowest BCUT2D eigenvalue weighted by Gasteiger charge is -2.37. The van der Waals surface area contributed by atoms with Crippen molar-refractivity contribution in [2.45, 2.75) is 22.3 Å². The molecule has 3 heterocycles. The van der Waals surface area contributed by atoms with E-state index in [4.69, 9.17) is 4.18 Å². The second-order valence-electron chi connectivity index (χ2n) is 11.9. The Labute approximate surface area is 291 Å². The number of hydrogen-bond donors (Lipinski definition) is 1. The predicted octanol–water partition coefficient (Wildman–Crippen LogP) is 5.22. The van der Waals surface area contributed by atoms with E-state index < -0.39 is 26.9 Å². The highest BCUT2D eigenvalue weighted by Gasteiger charge is 2.35. The molecule has 1 N–H and O–H groups in total. The minimum absolute atomic E-state index is 0.00936. The van der Waals surface area contributed by atoms with Gasteiger partial charge in [0, 0.05) is 61.5 Å². The summed E-state index contributed by atoms with van der Waals surface area (Å²) in [6.07, 6.45) is 3.05. The summed E-state index contributed by atoms with van der Waals surface area (Å²) in [6.45, 7) is 2.01. The van der Waals surface area contributed by atoms with E-state index in [0.29, 0.717) is 53.5 Å². The van der Waals surface area contributed by atoms with Gasteiger partial charge < -0.3 is 18.9 Å². The lowest BCUT2D eigenvalue weighted by Crippen LogP contribution is -2.56. The van der Waals surface area contributed by atoms with E-state index in [9.17, 15) is 22.3 Å². The number of carbonyl (C=O) groups excluding carboxylic acids is 1. The molecule has 1 aliphatic heterocycles. The van der Waals surface area contributed by atoms with E-state index in [1.54, 1.807) is 65.6 Å². The van der Waals surface area contributed by atoms with Gasteiger partial charge in [0.1, 0.15) is 17.1 Å². The van der Waals surface area contributed by atoms with Crippen LogP contribution in [0.5, 0.6) is 5.75 Å². The monoisotopic (exact) mass is 707 g/mol. The average molecular weight is 708 g/mol. The number of piperazine rings is 1. The van der Waals surface area contributed by atoms with Crippen molar-refractivity contribution in [3.05, 3.63) is 133 Å². The first-order chi connectivity index (χ1) is 24.2. The predicted molar refractivity (Wildman–Crippen MR) is 191 cm³/mol. The number of para-hydroxylation sites is 3. The molecule has 1 amide bonds. The minimum Gasteiger partial charge on any atom is -0.593 e. The fourth-order valence-corrected chi connectivity index (χ4v) is 8.61. The summed E-state index contributed by atoms with van der Waals surface area (Å²) < 4.78 is 62.4. The van der Waals surface area contributed by atoms with Gasteiger partial charge in [0.05, 0.1) is 0 Å². The zero-order valence-electron chi connectivity index (χ0n) is 26.8. The molecule has 3 atom stereocenters. The molecule has 4 aromatic carbocycles. The summed E-state index contributed by atoms with van der Waals surface area (Å²) in [5, 5.41) is 1.31. The molecular weight excluding hydrogens is 675 g/mol. The Kier molecular flexibility index (Phi) is 9.40. The number of aromatic nitrogens is 2. The molecule has 1 saturated heterocycles. The van der Waals surface area contributed by atoms with Gasteiger partial charge in [-0.3, -0.25) is 18.9 Å². The highest BCUT2D eigenvalue weighted by atomic mass is 32.3. The fourth-order valence-electron chi connectivity index (χ4n) is 6.13. The van der Waals surface area contributed by atoms with Gasteiger partial charge in [-0.2, -0.15) is 0 Å². The molecule has 13 heteroatoms. The first-order valence-electron chi connectivity index (χ1n) is 16.0. The Morgan fingerprint density at radius 2 is 1.30 bits per heavy atom. The summed E-state index contributed by atoms with van der Waals surface area (Å²) in [5.41, 5.74) is 2.25. The molecule has 6 aromatic rings. The number of sulfonamides is 1. The molecule has 0 radical (unpaired) electrons. The van der Waals surface area contributed by atoms with Gasteiger partial charge in [-0.15, -0.1) is 4.72 Å². The maximum Gasteiger partial charge on any atom is 0.270 e. The number of pyridine rings is 2. The van der Waals surface area contributed by atoms with E-state index in [-0.39, 0.29) is 27.9 Å². The quantitative estimate of drug-likeness (QED) is 0.189. The van der Waals surface area contributed by atoms with Crippen LogP contribution >= 0.6 is 0 Å². The summed E-state index contributed by atoms with van der Waals surface area (Å²) in [7, 11) is -8.43. The van der Waals surface area contributed by atoms with Crippen molar-refractivity contribution in [1.82, 2.24) is 19.6 Å². The summed E-state index contributed by atoms with van der Waals surface area (Å²) in [5.74, 6) is -0.301. The topological polar surface area (TPSA) is 151 Å². The summed E-state index contributed by atoms with van der Waals surface area (Å²) in [6, 6.07) is 31.7. The summed E-state index contributed by atoms with van der Waals surface area (Å²) >= 11 is 0. The van der Waals surface area contributed by atoms with Crippen LogP contribution in [0.4, 0.5) is 5.69 Å². The van der Waals surface area contributed by atoms with E-state index >= 15 is 0 Å². The molecule has 254 valence electrons. The molecule has 0 spiro atoms. The Morgan fingerprint density at radius 1 is 0.720 bits per heavy atom. The zero-order chi connectivity index (χ0) is 34.7. The number of nitrogens with zero attached hydrogens (tertiary/aromatic N) is 4. The molecule has 11 nitrogen and oxygen atoms in total. The zero-order valence-corrected chi connectivity index (χ0v) is 28.4. The molecular formula is C37H33N5O6S2. The van der Waals surface area contributed by atoms with Crippen molar-refractivity contribution in [1.29, 1.82) is 0 Å². The lowest BCUT2D eigenvalue weighted by atomic mass is 10.0. The number of carbonyl (C=O) groups is 1. The molecule has 50 heavy (non-hydrogen) atoms. The van der Waals surface area contributed by atoms with Gasteiger partial charge in [0.25, 0.3) is 10.5 Å². The Balaban J connectivity index is 1.12. The fraction of sp³-hybridized carbons (Fsp3) is 0.162. The van der Waals surface area contributed by atoms with Crippen LogP contribution in [-0.2, 0) is 40.5 Å². The largest absolute Gasteiger partial charge is 0.593 e. The van der Waals surface area contributed by atoms with Crippen molar-refractivity contribution in [3.63, 3.8) is 0 Å². The van der Waals surface area contributed by atoms with Crippen LogP contribution in [0.1, 0.15) is 5.56 Å². The molecule has 2 unspecified atom stereocenters. The van der Waals surface area contributed by atoms with Crippen LogP contribution in [0, 0.1) is 0 Å². The van der Waals surface area contributed by atoms with Crippen molar-refractivity contribution in [3.8, 4) is 5.75 Å². The SMILES string of the molecule is O=C([C@@H](Cc1ccc(O[S+](=O)([O-])c2cccc3cccnc23)cc1)N[S+](=O)([O-])c1cccc2cccnc12)N1CCN(c2ccccc2)CC1. The molecule has 0 saturated carbocycles. The van der Waals surface area contributed by atoms with E-state index in [1.165, 1.54) is 36.7 Å². The van der Waals surface area contributed by atoms with Gasteiger partial charge in [-0.1, -0.05) is 75.1 Å². The smallest absolute Gasteiger partial charge is 0.270 e. The van der Waals surface area contributed by atoms with Crippen molar-refractivity contribution < 1.29 is 26.5 Å². The van der Waals surface area contributed by atoms with Crippen LogP contribution in [0.2, 0.25) is 0 Å². The first-order valence-corrected chi connectivity index (χ1v) is 18.9. The molecule has 1 fully saturated rings. The van der Waals surface area contributed by atoms with Crippen LogP contribution in [0.15, 0.2) is 137 Å². The van der Waals surface area contributed by atoms with Gasteiger partial charge in [-0.25, -0.2) is 0 Å². The Morgan fingerprint density at radius 3 is 1.94 bits per heavy atom. The maximum atomic E-state index is 14.1. The second kappa shape index (κ2) is 14.1. The van der Waals surface area contributed by atoms with E-state index in [1.807, 2.05) is 30.3 Å². The van der Waals surface area contributed by atoms with Gasteiger partial charge in [0.15, 0.2) is 16.1 Å². The Bertz CT molecular complexity index is 2240. The van der Waals surface area contributed by atoms with E-state index in [0.717, 1.165) is 5.69 Å². The van der Waals surface area contributed by atoms with Crippen molar-refractivity contribution in [2.75, 3.05) is 31.1 Å². The molecule has 7 rings (SSSR count). The number of hydrogen-bond acceptors (Lipinski definition) is 9. The number of rotatable bonds is 10. The molecule has 2 aromatic heterocycles. The number of benzene rings is 4. The molecule has 1 aliphatic rings. The second-order valence-corrected chi connectivity index (χ2v) is 15.1. The highest BCUT2D eigenvalue weighted by Crippen LogP contribution is 2.29. The highest BCUT2D eigenvalue weighted by molar-refractivity contribution is 7.96. The first kappa shape index (κ1) is 33.4. The van der Waals surface area contributed by atoms with Gasteiger partial charge >= 0.3 is 0 Å². The lowest BCUT2D eigenvalue weighted by molar-refractivity contribution is -0.133. The van der Waals surface area contributed by atoms with Crippen molar-refractivity contribution in [2.24, 2.45) is 0 Å². The molecule has 0 bridgehead atoms. The number of anilines is 1. The number of fused-ring (bicyclic) bond motifs is 2. The third-order valence-corrected chi connectivity index (χ3v) is 11.4. The van der Waals surface area contributed by atoms with Crippen LogP contribution in [-0.4, -0.2) is 62.1 Å². The van der Waals surface area contributed by atoms with Crippen LogP contribution in [0.3, 0.4) is 0 Å².